The number of benzene rings is 2. The predicted octanol–water partition coefficient (Wildman–Crippen LogP) is 5.66. The van der Waals surface area contributed by atoms with Crippen LogP contribution in [0.25, 0.3) is 10.9 Å². The summed E-state index contributed by atoms with van der Waals surface area (Å²) in [5.74, 6) is -0.330. The molecule has 2 aromatic carbocycles. The summed E-state index contributed by atoms with van der Waals surface area (Å²) >= 11 is 0. The maximum Gasteiger partial charge on any atom is 0.309 e. The number of para-hydroxylation sites is 1. The number of carbonyl (C=O) groups is 2. The predicted molar refractivity (Wildman–Crippen MR) is 175 cm³/mol. The number of sulfonamides is 1. The molecule has 2 N–H and O–H groups in total. The van der Waals surface area contributed by atoms with E-state index in [1.807, 2.05) is 77.4 Å². The zero-order valence-electron chi connectivity index (χ0n) is 27.3. The van der Waals surface area contributed by atoms with E-state index in [-0.39, 0.29) is 34.6 Å². The average Bonchev–Trinajstić information content (AvgIpc) is 3.24. The van der Waals surface area contributed by atoms with Gasteiger partial charge in [-0.2, -0.15) is 0 Å². The van der Waals surface area contributed by atoms with Gasteiger partial charge in [-0.05, 0) is 81.4 Å². The number of esters is 1. The summed E-state index contributed by atoms with van der Waals surface area (Å²) in [5.41, 5.74) is 3.15. The van der Waals surface area contributed by atoms with Crippen molar-refractivity contribution in [2.75, 3.05) is 36.5 Å². The van der Waals surface area contributed by atoms with Crippen molar-refractivity contribution in [2.45, 2.75) is 71.9 Å². The maximum absolute atomic E-state index is 13.8. The van der Waals surface area contributed by atoms with Gasteiger partial charge in [-0.25, -0.2) is 8.42 Å². The van der Waals surface area contributed by atoms with E-state index in [1.54, 1.807) is 6.07 Å². The number of carbonyl (C=O) groups excluding carboxylic acids is 2. The fourth-order valence-corrected chi connectivity index (χ4v) is 6.19. The number of aryl methyl sites for hydroxylation is 1. The maximum atomic E-state index is 13.8. The van der Waals surface area contributed by atoms with Gasteiger partial charge in [-0.1, -0.05) is 39.0 Å². The van der Waals surface area contributed by atoms with E-state index in [0.29, 0.717) is 17.9 Å². The lowest BCUT2D eigenvalue weighted by atomic mass is 9.86. The first-order valence-corrected chi connectivity index (χ1v) is 16.8. The first-order valence-electron chi connectivity index (χ1n) is 14.9. The molecule has 1 fully saturated rings. The highest BCUT2D eigenvalue weighted by Gasteiger charge is 2.30. The Morgan fingerprint density at radius 1 is 1.00 bits per heavy atom. The molecule has 3 aromatic rings. The van der Waals surface area contributed by atoms with Gasteiger partial charge in [0.05, 0.1) is 36.2 Å². The summed E-state index contributed by atoms with van der Waals surface area (Å²) in [7, 11) is -0.290. The first kappa shape index (κ1) is 33.3. The first-order chi connectivity index (χ1) is 20.4. The second-order valence-corrected chi connectivity index (χ2v) is 15.5. The zero-order chi connectivity index (χ0) is 32.6. The van der Waals surface area contributed by atoms with E-state index in [2.05, 4.69) is 21.0 Å². The number of hydrogen-bond acceptors (Lipinski definition) is 7. The Labute approximate surface area is 261 Å². The van der Waals surface area contributed by atoms with Crippen molar-refractivity contribution < 1.29 is 27.5 Å². The minimum atomic E-state index is -3.60. The number of ether oxygens (including phenoxy) is 2. The molecule has 240 valence electrons. The minimum Gasteiger partial charge on any atom is -0.492 e. The van der Waals surface area contributed by atoms with Gasteiger partial charge in [-0.3, -0.25) is 19.2 Å². The van der Waals surface area contributed by atoms with Crippen molar-refractivity contribution in [3.63, 3.8) is 0 Å². The van der Waals surface area contributed by atoms with Gasteiger partial charge in [0.2, 0.25) is 10.0 Å². The summed E-state index contributed by atoms with van der Waals surface area (Å²) in [6.45, 7) is 14.0. The van der Waals surface area contributed by atoms with E-state index >= 15 is 0 Å². The molecule has 1 saturated heterocycles. The number of fused-ring (bicyclic) bond motifs is 1. The van der Waals surface area contributed by atoms with Crippen molar-refractivity contribution in [1.29, 1.82) is 0 Å². The molecule has 0 aliphatic carbocycles. The zero-order valence-corrected chi connectivity index (χ0v) is 28.1. The quantitative estimate of drug-likeness (QED) is 0.310. The molecule has 1 aromatic heterocycles. The summed E-state index contributed by atoms with van der Waals surface area (Å²) in [4.78, 5) is 28.6. The average molecular weight is 627 g/mol. The molecular weight excluding hydrogens is 580 g/mol. The molecule has 1 aliphatic heterocycles. The summed E-state index contributed by atoms with van der Waals surface area (Å²) in [6.07, 6.45) is 2.57. The molecule has 0 atom stereocenters. The Balaban J connectivity index is 1.59. The number of anilines is 2. The number of amides is 1. The molecular formula is C33H46N4O6S. The van der Waals surface area contributed by atoms with Crippen LogP contribution in [0.15, 0.2) is 36.4 Å². The summed E-state index contributed by atoms with van der Waals surface area (Å²) in [5, 5.41) is 3.92. The van der Waals surface area contributed by atoms with Gasteiger partial charge in [0.1, 0.15) is 11.3 Å². The summed E-state index contributed by atoms with van der Waals surface area (Å²) in [6, 6.07) is 11.5. The number of piperidine rings is 1. The van der Waals surface area contributed by atoms with Crippen molar-refractivity contribution in [2.24, 2.45) is 13.0 Å². The highest BCUT2D eigenvalue weighted by molar-refractivity contribution is 7.92. The molecule has 1 amide bonds. The standard InChI is InChI=1S/C33H46N4O6S/c1-32(2,3)24-18-25(29(42-8)26(19-24)35-44(9,40)41)34-30(38)27-17-22-11-10-12-23(28(22)36(27)7)20-37-15-13-21(14-16-37)31(39)43-33(4,5)6/h10-12,17-19,21,35H,13-16,20H2,1-9H3,(H,34,38). The molecule has 11 heteroatoms. The lowest BCUT2D eigenvalue weighted by Crippen LogP contribution is -2.38. The number of methoxy groups -OCH3 is 1. The van der Waals surface area contributed by atoms with Gasteiger partial charge < -0.3 is 19.4 Å². The smallest absolute Gasteiger partial charge is 0.309 e. The fourth-order valence-electron chi connectivity index (χ4n) is 5.64. The highest BCUT2D eigenvalue weighted by Crippen LogP contribution is 2.39. The number of nitrogens with one attached hydrogen (secondary N) is 2. The molecule has 1 aliphatic rings. The second kappa shape index (κ2) is 12.4. The molecule has 2 heterocycles. The Hall–Kier alpha value is -3.57. The van der Waals surface area contributed by atoms with E-state index in [1.165, 1.54) is 7.11 Å². The number of likely N-dealkylation sites (tertiary alicyclic amines) is 1. The molecule has 0 bridgehead atoms. The number of nitrogens with zero attached hydrogens (tertiary/aromatic N) is 2. The van der Waals surface area contributed by atoms with Crippen LogP contribution >= 0.6 is 0 Å². The van der Waals surface area contributed by atoms with Crippen molar-refractivity contribution in [1.82, 2.24) is 9.47 Å². The van der Waals surface area contributed by atoms with Gasteiger partial charge >= 0.3 is 5.97 Å². The molecule has 44 heavy (non-hydrogen) atoms. The number of rotatable bonds is 8. The van der Waals surface area contributed by atoms with Crippen LogP contribution < -0.4 is 14.8 Å². The van der Waals surface area contributed by atoms with Gasteiger partial charge in [0.25, 0.3) is 5.91 Å². The van der Waals surface area contributed by atoms with Gasteiger partial charge in [0.15, 0.2) is 5.75 Å². The third-order valence-electron chi connectivity index (χ3n) is 7.80. The third-order valence-corrected chi connectivity index (χ3v) is 8.39. The fraction of sp³-hybridized carbons (Fsp3) is 0.515. The lowest BCUT2D eigenvalue weighted by Gasteiger charge is -2.32. The third kappa shape index (κ3) is 7.92. The van der Waals surface area contributed by atoms with Crippen LogP contribution in [-0.2, 0) is 38.6 Å². The van der Waals surface area contributed by atoms with Crippen molar-refractivity contribution in [3.05, 3.63) is 53.2 Å². The SMILES string of the molecule is COc1c(NC(=O)c2cc3cccc(CN4CCC(C(=O)OC(C)(C)C)CC4)c3n2C)cc(C(C)(C)C)cc1NS(C)(=O)=O. The van der Waals surface area contributed by atoms with E-state index < -0.39 is 15.6 Å². The van der Waals surface area contributed by atoms with Crippen LogP contribution in [0.5, 0.6) is 5.75 Å². The van der Waals surface area contributed by atoms with E-state index in [4.69, 9.17) is 9.47 Å². The van der Waals surface area contributed by atoms with Crippen LogP contribution in [0.2, 0.25) is 0 Å². The Morgan fingerprint density at radius 2 is 1.64 bits per heavy atom. The molecule has 0 saturated carbocycles. The van der Waals surface area contributed by atoms with Crippen LogP contribution in [0, 0.1) is 5.92 Å². The van der Waals surface area contributed by atoms with E-state index in [0.717, 1.165) is 54.2 Å². The lowest BCUT2D eigenvalue weighted by molar-refractivity contribution is -0.161. The van der Waals surface area contributed by atoms with Crippen LogP contribution in [0.1, 0.15) is 76.0 Å². The van der Waals surface area contributed by atoms with Crippen molar-refractivity contribution >= 4 is 44.2 Å². The van der Waals surface area contributed by atoms with Gasteiger partial charge in [-0.15, -0.1) is 0 Å². The molecule has 0 unspecified atom stereocenters. The highest BCUT2D eigenvalue weighted by atomic mass is 32.2. The number of aromatic nitrogens is 1. The number of hydrogen-bond donors (Lipinski definition) is 2. The van der Waals surface area contributed by atoms with Gasteiger partial charge in [0, 0.05) is 19.0 Å². The van der Waals surface area contributed by atoms with Crippen LogP contribution in [0.4, 0.5) is 11.4 Å². The minimum absolute atomic E-state index is 0.0893. The van der Waals surface area contributed by atoms with Crippen LogP contribution in [-0.4, -0.2) is 61.8 Å². The second-order valence-electron chi connectivity index (χ2n) is 13.7. The Kier molecular flexibility index (Phi) is 9.42. The largest absolute Gasteiger partial charge is 0.492 e. The Morgan fingerprint density at radius 3 is 2.20 bits per heavy atom. The van der Waals surface area contributed by atoms with Crippen molar-refractivity contribution in [3.8, 4) is 5.75 Å². The summed E-state index contributed by atoms with van der Waals surface area (Å²) < 4.78 is 39.8. The van der Waals surface area contributed by atoms with Crippen LogP contribution in [0.3, 0.4) is 0 Å². The molecule has 10 nitrogen and oxygen atoms in total. The molecule has 0 radical (unpaired) electrons. The molecule has 4 rings (SSSR count). The molecule has 0 spiro atoms. The topological polar surface area (TPSA) is 119 Å². The monoisotopic (exact) mass is 626 g/mol. The Bertz CT molecular complexity index is 1660. The normalized spacial score (nSPS) is 15.3. The van der Waals surface area contributed by atoms with E-state index in [9.17, 15) is 18.0 Å².